The maximum atomic E-state index is 14.5. The van der Waals surface area contributed by atoms with Crippen LogP contribution in [0.5, 0.6) is 0 Å². The van der Waals surface area contributed by atoms with E-state index in [-0.39, 0.29) is 25.0 Å². The van der Waals surface area contributed by atoms with Gasteiger partial charge in [-0.1, -0.05) is 37.5 Å². The fraction of sp³-hybridized carbons (Fsp3) is 0.565. The number of hydrogen-bond acceptors (Lipinski definition) is 4. The van der Waals surface area contributed by atoms with E-state index >= 15 is 0 Å². The SMILES string of the molecule is O=C(O)CCCCCCC1C(=O)CC(F)(F)C1CCC(O)c1cc2ccccc2s1. The molecule has 1 aliphatic rings. The third-order valence-electron chi connectivity index (χ3n) is 6.03. The first-order valence-electron chi connectivity index (χ1n) is 10.6. The molecule has 2 aromatic rings. The first kappa shape index (κ1) is 22.8. The summed E-state index contributed by atoms with van der Waals surface area (Å²) in [4.78, 5) is 23.5. The Morgan fingerprint density at radius 1 is 1.17 bits per heavy atom. The summed E-state index contributed by atoms with van der Waals surface area (Å²) in [6, 6.07) is 9.66. The van der Waals surface area contributed by atoms with Gasteiger partial charge in [-0.2, -0.15) is 0 Å². The number of aliphatic carboxylic acids is 1. The highest BCUT2D eigenvalue weighted by molar-refractivity contribution is 7.19. The van der Waals surface area contributed by atoms with E-state index < -0.39 is 36.3 Å². The van der Waals surface area contributed by atoms with Gasteiger partial charge in [-0.05, 0) is 43.2 Å². The highest BCUT2D eigenvalue weighted by Gasteiger charge is 2.54. The van der Waals surface area contributed by atoms with Crippen molar-refractivity contribution in [1.82, 2.24) is 0 Å². The summed E-state index contributed by atoms with van der Waals surface area (Å²) in [5.74, 6) is -5.95. The molecular weight excluding hydrogens is 410 g/mol. The summed E-state index contributed by atoms with van der Waals surface area (Å²) < 4.78 is 30.0. The van der Waals surface area contributed by atoms with Crippen LogP contribution >= 0.6 is 11.3 Å². The van der Waals surface area contributed by atoms with Crippen molar-refractivity contribution >= 4 is 33.2 Å². The Kier molecular flexibility index (Phi) is 7.58. The molecule has 0 radical (unpaired) electrons. The first-order chi connectivity index (χ1) is 14.3. The number of carboxylic acid groups (broad SMARTS) is 1. The van der Waals surface area contributed by atoms with Gasteiger partial charge in [0.15, 0.2) is 0 Å². The van der Waals surface area contributed by atoms with Gasteiger partial charge < -0.3 is 10.2 Å². The molecule has 3 atom stereocenters. The zero-order valence-corrected chi connectivity index (χ0v) is 17.7. The number of thiophene rings is 1. The minimum atomic E-state index is -3.02. The Morgan fingerprint density at radius 3 is 2.63 bits per heavy atom. The van der Waals surface area contributed by atoms with E-state index in [1.165, 1.54) is 11.3 Å². The Morgan fingerprint density at radius 2 is 1.90 bits per heavy atom. The lowest BCUT2D eigenvalue weighted by atomic mass is 9.85. The Hall–Kier alpha value is -1.86. The number of benzene rings is 1. The molecule has 0 saturated heterocycles. The number of aliphatic hydroxyl groups excluding tert-OH is 1. The summed E-state index contributed by atoms with van der Waals surface area (Å²) >= 11 is 1.47. The zero-order valence-electron chi connectivity index (χ0n) is 16.9. The van der Waals surface area contributed by atoms with Gasteiger partial charge >= 0.3 is 5.97 Å². The predicted molar refractivity (Wildman–Crippen MR) is 113 cm³/mol. The molecule has 0 spiro atoms. The minimum Gasteiger partial charge on any atom is -0.481 e. The molecular formula is C23H28F2O4S. The van der Waals surface area contributed by atoms with Crippen molar-refractivity contribution in [2.75, 3.05) is 0 Å². The van der Waals surface area contributed by atoms with Crippen molar-refractivity contribution in [3.63, 3.8) is 0 Å². The Balaban J connectivity index is 1.54. The van der Waals surface area contributed by atoms with Crippen molar-refractivity contribution in [2.45, 2.75) is 69.8 Å². The van der Waals surface area contributed by atoms with Gasteiger partial charge in [0.05, 0.1) is 12.5 Å². The molecule has 164 valence electrons. The lowest BCUT2D eigenvalue weighted by molar-refractivity contribution is -0.137. The van der Waals surface area contributed by atoms with Gasteiger partial charge in [-0.3, -0.25) is 9.59 Å². The number of alkyl halides is 2. The van der Waals surface area contributed by atoms with E-state index in [1.54, 1.807) is 0 Å². The van der Waals surface area contributed by atoms with Crippen molar-refractivity contribution in [3.8, 4) is 0 Å². The highest BCUT2D eigenvalue weighted by atomic mass is 32.1. The molecule has 1 saturated carbocycles. The molecule has 30 heavy (non-hydrogen) atoms. The van der Waals surface area contributed by atoms with E-state index in [1.807, 2.05) is 30.3 Å². The summed E-state index contributed by atoms with van der Waals surface area (Å²) in [5.41, 5.74) is 0. The second-order valence-electron chi connectivity index (χ2n) is 8.24. The van der Waals surface area contributed by atoms with Crippen molar-refractivity contribution in [2.24, 2.45) is 11.8 Å². The number of fused-ring (bicyclic) bond motifs is 1. The highest BCUT2D eigenvalue weighted by Crippen LogP contribution is 2.47. The van der Waals surface area contributed by atoms with Crippen LogP contribution in [0.15, 0.2) is 30.3 Å². The van der Waals surface area contributed by atoms with Crippen LogP contribution in [0.3, 0.4) is 0 Å². The second kappa shape index (κ2) is 9.96. The van der Waals surface area contributed by atoms with Crippen LogP contribution in [0, 0.1) is 11.8 Å². The van der Waals surface area contributed by atoms with E-state index in [0.29, 0.717) is 19.3 Å². The van der Waals surface area contributed by atoms with Gasteiger partial charge in [-0.25, -0.2) is 8.78 Å². The molecule has 7 heteroatoms. The van der Waals surface area contributed by atoms with Gasteiger partial charge in [0, 0.05) is 27.8 Å². The van der Waals surface area contributed by atoms with E-state index in [2.05, 4.69) is 0 Å². The number of aliphatic hydroxyl groups is 1. The van der Waals surface area contributed by atoms with Crippen molar-refractivity contribution < 1.29 is 28.6 Å². The maximum absolute atomic E-state index is 14.5. The minimum absolute atomic E-state index is 0.109. The number of ketones is 1. The largest absolute Gasteiger partial charge is 0.481 e. The molecule has 0 bridgehead atoms. The fourth-order valence-electron chi connectivity index (χ4n) is 4.43. The third kappa shape index (κ3) is 5.64. The van der Waals surface area contributed by atoms with Crippen LogP contribution in [-0.4, -0.2) is 27.9 Å². The number of carboxylic acids is 1. The second-order valence-corrected chi connectivity index (χ2v) is 9.36. The number of rotatable bonds is 11. The summed E-state index contributed by atoms with van der Waals surface area (Å²) in [7, 11) is 0. The number of carbonyl (C=O) groups is 2. The monoisotopic (exact) mass is 438 g/mol. The third-order valence-corrected chi connectivity index (χ3v) is 7.25. The van der Waals surface area contributed by atoms with Crippen LogP contribution in [-0.2, 0) is 9.59 Å². The number of carbonyl (C=O) groups excluding carboxylic acids is 1. The predicted octanol–water partition coefficient (Wildman–Crippen LogP) is 5.98. The number of unbranched alkanes of at least 4 members (excludes halogenated alkanes) is 3. The number of hydrogen-bond donors (Lipinski definition) is 2. The normalized spacial score (nSPS) is 21.9. The first-order valence-corrected chi connectivity index (χ1v) is 11.4. The maximum Gasteiger partial charge on any atom is 0.303 e. The molecule has 0 amide bonds. The summed E-state index contributed by atoms with van der Waals surface area (Å²) in [6.07, 6.45) is 1.97. The Labute approximate surface area is 178 Å². The summed E-state index contributed by atoms with van der Waals surface area (Å²) in [6.45, 7) is 0. The molecule has 1 heterocycles. The van der Waals surface area contributed by atoms with Gasteiger partial charge in [-0.15, -0.1) is 11.3 Å². The van der Waals surface area contributed by atoms with Crippen LogP contribution in [0.4, 0.5) is 8.78 Å². The lowest BCUT2D eigenvalue weighted by Crippen LogP contribution is -2.26. The van der Waals surface area contributed by atoms with Gasteiger partial charge in [0.2, 0.25) is 0 Å². The van der Waals surface area contributed by atoms with Crippen LogP contribution in [0.25, 0.3) is 10.1 Å². The van der Waals surface area contributed by atoms with E-state index in [4.69, 9.17) is 5.11 Å². The molecule has 4 nitrogen and oxygen atoms in total. The van der Waals surface area contributed by atoms with Crippen LogP contribution in [0.2, 0.25) is 0 Å². The molecule has 1 aromatic carbocycles. The molecule has 3 unspecified atom stereocenters. The molecule has 0 aliphatic heterocycles. The Bertz CT molecular complexity index is 846. The fourth-order valence-corrected chi connectivity index (χ4v) is 5.51. The lowest BCUT2D eigenvalue weighted by Gasteiger charge is -2.24. The quantitative estimate of drug-likeness (QED) is 0.423. The smallest absolute Gasteiger partial charge is 0.303 e. The van der Waals surface area contributed by atoms with Crippen LogP contribution in [0.1, 0.15) is 68.8 Å². The van der Waals surface area contributed by atoms with Crippen LogP contribution < -0.4 is 0 Å². The van der Waals surface area contributed by atoms with Crippen molar-refractivity contribution in [3.05, 3.63) is 35.2 Å². The zero-order chi connectivity index (χ0) is 21.7. The van der Waals surface area contributed by atoms with Crippen molar-refractivity contribution in [1.29, 1.82) is 0 Å². The molecule has 2 N–H and O–H groups in total. The standard InChI is InChI=1S/C23H28F2O4S/c24-23(25)14-19(27)16(8-3-1-2-4-10-22(28)29)17(23)11-12-18(26)21-13-15-7-5-6-9-20(15)30-21/h5-7,9,13,16-18,26H,1-4,8,10-12,14H2,(H,28,29). The number of halogens is 2. The molecule has 1 aromatic heterocycles. The van der Waals surface area contributed by atoms with Gasteiger partial charge in [0.25, 0.3) is 5.92 Å². The molecule has 1 fully saturated rings. The average Bonchev–Trinajstić information content (AvgIpc) is 3.20. The molecule has 1 aliphatic carbocycles. The summed E-state index contributed by atoms with van der Waals surface area (Å²) in [5, 5.41) is 20.2. The van der Waals surface area contributed by atoms with Gasteiger partial charge in [0.1, 0.15) is 5.78 Å². The molecule has 3 rings (SSSR count). The van der Waals surface area contributed by atoms with E-state index in [0.717, 1.165) is 27.8 Å². The average molecular weight is 439 g/mol. The van der Waals surface area contributed by atoms with E-state index in [9.17, 15) is 23.5 Å². The topological polar surface area (TPSA) is 74.6 Å². The number of Topliss-reactive ketones (excluding diaryl/α,β-unsaturated/α-hetero) is 1.